The summed E-state index contributed by atoms with van der Waals surface area (Å²) in [7, 11) is 1.86. The van der Waals surface area contributed by atoms with Crippen molar-refractivity contribution in [2.75, 3.05) is 39.8 Å². The summed E-state index contributed by atoms with van der Waals surface area (Å²) in [6.45, 7) is 7.34. The summed E-state index contributed by atoms with van der Waals surface area (Å²) >= 11 is 0. The Kier molecular flexibility index (Phi) is 11.3. The van der Waals surface area contributed by atoms with Crippen LogP contribution in [0.5, 0.6) is 0 Å². The number of ether oxygens (including phenoxy) is 1. The van der Waals surface area contributed by atoms with E-state index >= 15 is 0 Å². The number of aliphatic imine (C=N–C) groups is 1. The van der Waals surface area contributed by atoms with E-state index in [0.29, 0.717) is 5.92 Å². The smallest absolute Gasteiger partial charge is 0.191 e. The molecule has 0 saturated carbocycles. The van der Waals surface area contributed by atoms with Gasteiger partial charge in [0, 0.05) is 45.2 Å². The quantitative estimate of drug-likeness (QED) is 0.326. The summed E-state index contributed by atoms with van der Waals surface area (Å²) in [5, 5.41) is 7.05. The molecule has 3 unspecified atom stereocenters. The van der Waals surface area contributed by atoms with E-state index in [2.05, 4.69) is 57.8 Å². The molecule has 2 saturated heterocycles. The predicted molar refractivity (Wildman–Crippen MR) is 132 cm³/mol. The lowest BCUT2D eigenvalue weighted by atomic mass is 9.89. The van der Waals surface area contributed by atoms with Crippen molar-refractivity contribution in [1.82, 2.24) is 15.5 Å². The fourth-order valence-corrected chi connectivity index (χ4v) is 4.65. The van der Waals surface area contributed by atoms with E-state index in [4.69, 9.17) is 4.74 Å². The third-order valence-electron chi connectivity index (χ3n) is 6.24. The van der Waals surface area contributed by atoms with E-state index in [1.54, 1.807) is 0 Å². The van der Waals surface area contributed by atoms with Crippen LogP contribution in [0.3, 0.4) is 0 Å². The minimum Gasteiger partial charge on any atom is -0.373 e. The van der Waals surface area contributed by atoms with Crippen molar-refractivity contribution in [3.63, 3.8) is 0 Å². The number of halogens is 1. The van der Waals surface area contributed by atoms with Crippen molar-refractivity contribution in [2.24, 2.45) is 10.9 Å². The van der Waals surface area contributed by atoms with Crippen LogP contribution in [-0.2, 0) is 4.74 Å². The summed E-state index contributed by atoms with van der Waals surface area (Å²) < 4.78 is 6.12. The van der Waals surface area contributed by atoms with E-state index in [-0.39, 0.29) is 30.1 Å². The van der Waals surface area contributed by atoms with Crippen LogP contribution in [0.25, 0.3) is 0 Å². The van der Waals surface area contributed by atoms with E-state index < -0.39 is 0 Å². The van der Waals surface area contributed by atoms with Crippen LogP contribution >= 0.6 is 24.0 Å². The third kappa shape index (κ3) is 7.40. The maximum Gasteiger partial charge on any atom is 0.191 e. The number of hydrogen-bond donors (Lipinski definition) is 2. The van der Waals surface area contributed by atoms with E-state index in [0.717, 1.165) is 44.7 Å². The molecule has 2 N–H and O–H groups in total. The van der Waals surface area contributed by atoms with Crippen molar-refractivity contribution < 1.29 is 4.74 Å². The van der Waals surface area contributed by atoms with Gasteiger partial charge in [0.1, 0.15) is 0 Å². The van der Waals surface area contributed by atoms with Gasteiger partial charge in [0.2, 0.25) is 0 Å². The Balaban J connectivity index is 0.00000300. The van der Waals surface area contributed by atoms with Crippen molar-refractivity contribution >= 4 is 29.9 Å². The topological polar surface area (TPSA) is 48.9 Å². The number of hydrogen-bond acceptors (Lipinski definition) is 3. The van der Waals surface area contributed by atoms with Gasteiger partial charge in [-0.05, 0) is 44.2 Å². The van der Waals surface area contributed by atoms with Gasteiger partial charge in [0.15, 0.2) is 5.96 Å². The lowest BCUT2D eigenvalue weighted by molar-refractivity contribution is -0.0265. The normalized spacial score (nSPS) is 25.9. The summed E-state index contributed by atoms with van der Waals surface area (Å²) in [6, 6.07) is 11.4. The first-order chi connectivity index (χ1) is 13.8. The van der Waals surface area contributed by atoms with Gasteiger partial charge in [-0.2, -0.15) is 0 Å². The zero-order chi connectivity index (χ0) is 19.6. The van der Waals surface area contributed by atoms with Crippen LogP contribution in [0, 0.1) is 5.92 Å². The van der Waals surface area contributed by atoms with Crippen LogP contribution in [0.4, 0.5) is 0 Å². The highest BCUT2D eigenvalue weighted by Gasteiger charge is 2.27. The van der Waals surface area contributed by atoms with Gasteiger partial charge >= 0.3 is 0 Å². The molecule has 1 aromatic rings. The lowest BCUT2D eigenvalue weighted by Gasteiger charge is -2.35. The Bertz CT molecular complexity index is 598. The molecule has 1 aromatic carbocycles. The zero-order valence-corrected chi connectivity index (χ0v) is 20.4. The molecule has 3 rings (SSSR count). The summed E-state index contributed by atoms with van der Waals surface area (Å²) in [6.07, 6.45) is 7.84. The average molecular weight is 514 g/mol. The number of likely N-dealkylation sites (tertiary alicyclic amines) is 1. The van der Waals surface area contributed by atoms with E-state index in [1.165, 1.54) is 44.2 Å². The molecule has 29 heavy (non-hydrogen) atoms. The second kappa shape index (κ2) is 13.4. The minimum absolute atomic E-state index is 0. The molecule has 2 aliphatic heterocycles. The summed E-state index contributed by atoms with van der Waals surface area (Å²) in [5.74, 6) is 1.38. The van der Waals surface area contributed by atoms with E-state index in [1.807, 2.05) is 7.05 Å². The molecule has 0 amide bonds. The molecule has 2 heterocycles. The van der Waals surface area contributed by atoms with Gasteiger partial charge in [-0.1, -0.05) is 43.7 Å². The Morgan fingerprint density at radius 3 is 2.72 bits per heavy atom. The first kappa shape index (κ1) is 24.4. The second-order valence-corrected chi connectivity index (χ2v) is 8.08. The molecule has 6 heteroatoms. The lowest BCUT2D eigenvalue weighted by Crippen LogP contribution is -2.47. The largest absolute Gasteiger partial charge is 0.373 e. The molecular weight excluding hydrogens is 475 g/mol. The molecule has 2 aliphatic rings. The third-order valence-corrected chi connectivity index (χ3v) is 6.24. The maximum atomic E-state index is 6.12. The van der Waals surface area contributed by atoms with Crippen molar-refractivity contribution in [3.8, 4) is 0 Å². The van der Waals surface area contributed by atoms with Gasteiger partial charge < -0.3 is 15.4 Å². The van der Waals surface area contributed by atoms with Crippen molar-refractivity contribution in [3.05, 3.63) is 35.9 Å². The number of benzene rings is 1. The average Bonchev–Trinajstić information content (AvgIpc) is 2.77. The molecule has 0 aromatic heterocycles. The first-order valence-corrected chi connectivity index (χ1v) is 11.2. The molecule has 3 atom stereocenters. The molecule has 2 fully saturated rings. The van der Waals surface area contributed by atoms with Crippen LogP contribution in [0.15, 0.2) is 35.3 Å². The number of guanidine groups is 1. The fraction of sp³-hybridized carbons (Fsp3) is 0.696. The van der Waals surface area contributed by atoms with Crippen LogP contribution in [0.2, 0.25) is 0 Å². The van der Waals surface area contributed by atoms with Crippen LogP contribution in [0.1, 0.15) is 57.1 Å². The summed E-state index contributed by atoms with van der Waals surface area (Å²) in [4.78, 5) is 7.07. The molecule has 0 radical (unpaired) electrons. The molecule has 5 nitrogen and oxygen atoms in total. The Morgan fingerprint density at radius 2 is 1.97 bits per heavy atom. The highest BCUT2D eigenvalue weighted by Crippen LogP contribution is 2.33. The number of nitrogens with one attached hydrogen (secondary N) is 2. The fourth-order valence-electron chi connectivity index (χ4n) is 4.65. The highest BCUT2D eigenvalue weighted by molar-refractivity contribution is 14.0. The standard InChI is InChI=1S/C23H38N4O.HI/c1-3-21-13-7-8-15-27(21)16-14-25-23(24-2)26-18-20-12-9-17-28-22(20)19-10-5-4-6-11-19;/h4-6,10-11,20-22H,3,7-9,12-18H2,1-2H3,(H2,24,25,26);1H. The maximum absolute atomic E-state index is 6.12. The Morgan fingerprint density at radius 1 is 1.14 bits per heavy atom. The minimum atomic E-state index is 0. The van der Waals surface area contributed by atoms with Crippen LogP contribution in [-0.4, -0.2) is 56.7 Å². The summed E-state index contributed by atoms with van der Waals surface area (Å²) in [5.41, 5.74) is 1.28. The highest BCUT2D eigenvalue weighted by atomic mass is 127. The molecular formula is C23H39IN4O. The van der Waals surface area contributed by atoms with Gasteiger partial charge in [-0.25, -0.2) is 0 Å². The second-order valence-electron chi connectivity index (χ2n) is 8.08. The Hall–Kier alpha value is -0.860. The number of piperidine rings is 1. The zero-order valence-electron chi connectivity index (χ0n) is 18.1. The monoisotopic (exact) mass is 514 g/mol. The predicted octanol–water partition coefficient (Wildman–Crippen LogP) is 4.20. The molecule has 0 bridgehead atoms. The molecule has 164 valence electrons. The number of nitrogens with zero attached hydrogens (tertiary/aromatic N) is 2. The molecule has 0 spiro atoms. The van der Waals surface area contributed by atoms with Gasteiger partial charge in [-0.3, -0.25) is 9.89 Å². The Labute approximate surface area is 194 Å². The van der Waals surface area contributed by atoms with Crippen molar-refractivity contribution in [2.45, 2.75) is 57.6 Å². The van der Waals surface area contributed by atoms with Gasteiger partial charge in [-0.15, -0.1) is 24.0 Å². The SMILES string of the molecule is CCC1CCCCN1CCNC(=NC)NCC1CCCOC1c1ccccc1.I. The van der Waals surface area contributed by atoms with Gasteiger partial charge in [0.25, 0.3) is 0 Å². The van der Waals surface area contributed by atoms with Crippen molar-refractivity contribution in [1.29, 1.82) is 0 Å². The first-order valence-electron chi connectivity index (χ1n) is 11.2. The van der Waals surface area contributed by atoms with Crippen LogP contribution < -0.4 is 10.6 Å². The van der Waals surface area contributed by atoms with E-state index in [9.17, 15) is 0 Å². The molecule has 0 aliphatic carbocycles. The van der Waals surface area contributed by atoms with Gasteiger partial charge in [0.05, 0.1) is 6.10 Å². The number of rotatable bonds is 7.